The molecule has 0 aromatic carbocycles. The monoisotopic (exact) mass is 1290 g/mol. The van der Waals surface area contributed by atoms with Crippen LogP contribution in [-0.2, 0) is 23.7 Å². The molecule has 2 saturated heterocycles. The van der Waals surface area contributed by atoms with Gasteiger partial charge in [-0.1, -0.05) is 353 Å². The zero-order valence-corrected chi connectivity index (χ0v) is 58.9. The molecule has 2 aliphatic rings. The number of aliphatic hydroxyl groups is 8. The highest BCUT2D eigenvalue weighted by atomic mass is 16.7. The van der Waals surface area contributed by atoms with E-state index in [9.17, 15) is 45.6 Å². The molecule has 12 atom stereocenters. The molecule has 0 aromatic heterocycles. The number of unbranched alkanes of at least 4 members (excludes halogenated alkanes) is 51. The normalized spacial score (nSPS) is 22.8. The first-order valence-corrected chi connectivity index (χ1v) is 39.1. The first kappa shape index (κ1) is 85.6. The summed E-state index contributed by atoms with van der Waals surface area (Å²) in [6, 6.07) is -0.930. The van der Waals surface area contributed by atoms with E-state index < -0.39 is 86.8 Å². The molecule has 0 saturated carbocycles. The minimum absolute atomic E-state index is 0.240. The molecular weight excluding hydrogens is 1150 g/mol. The van der Waals surface area contributed by atoms with Gasteiger partial charge in [-0.05, 0) is 32.1 Å². The molecule has 2 heterocycles. The first-order valence-electron chi connectivity index (χ1n) is 39.1. The minimum Gasteiger partial charge on any atom is -0.394 e. The SMILES string of the molecule is CCCCCCCCCCCCCCCCCCCCCCCCCCCCC/C=C/CC/C=C/C(O)C(COC1OC(CO)C(OC2OC(CO)C(O)C(O)C2O)C(O)C1O)NC(=O)CCCCCCCCCCCCCCCCCCCCCCCCCC. The lowest BCUT2D eigenvalue weighted by Gasteiger charge is -2.46. The number of rotatable bonds is 66. The van der Waals surface area contributed by atoms with Crippen molar-refractivity contribution >= 4 is 5.91 Å². The third-order valence-corrected chi connectivity index (χ3v) is 19.4. The van der Waals surface area contributed by atoms with Crippen molar-refractivity contribution in [3.05, 3.63) is 24.3 Å². The fraction of sp³-hybridized carbons (Fsp3) is 0.935. The Kier molecular flexibility index (Phi) is 58.3. The quantitative estimate of drug-likeness (QED) is 0.0204. The smallest absolute Gasteiger partial charge is 0.220 e. The molecular formula is C77H147NO13. The topological polar surface area (TPSA) is 228 Å². The van der Waals surface area contributed by atoms with Gasteiger partial charge in [0.25, 0.3) is 0 Å². The molecule has 14 heteroatoms. The summed E-state index contributed by atoms with van der Waals surface area (Å²) in [5, 5.41) is 87.6. The molecule has 2 rings (SSSR count). The molecule has 0 bridgehead atoms. The van der Waals surface area contributed by atoms with Crippen molar-refractivity contribution in [3.8, 4) is 0 Å². The van der Waals surface area contributed by atoms with E-state index in [2.05, 4.69) is 31.3 Å². The highest BCUT2D eigenvalue weighted by Gasteiger charge is 2.51. The standard InChI is InChI=1S/C77H147NO13/c1-3-5-7-9-11-13-15-17-19-21-23-25-27-29-30-31-32-33-34-35-36-37-38-40-42-44-46-48-50-52-54-56-58-60-66(81)65(64-88-76-74(87)72(85)75(68(63-80)90-76)91-77-73(86)71(84)70(83)67(62-79)89-77)78-69(82)61-59-57-55-53-51-49-47-45-43-41-39-28-26-24-22-20-18-16-14-12-10-8-6-4-2/h50,52,58,60,65-68,70-77,79-81,83-87H,3-49,51,53-57,59,61-64H2,1-2H3,(H,78,82)/b52-50+,60-58+. The van der Waals surface area contributed by atoms with Gasteiger partial charge in [-0.25, -0.2) is 0 Å². The van der Waals surface area contributed by atoms with Crippen LogP contribution < -0.4 is 5.32 Å². The van der Waals surface area contributed by atoms with Crippen molar-refractivity contribution in [3.63, 3.8) is 0 Å². The molecule has 12 unspecified atom stereocenters. The van der Waals surface area contributed by atoms with Gasteiger partial charge < -0.3 is 65.1 Å². The molecule has 2 aliphatic heterocycles. The second-order valence-electron chi connectivity index (χ2n) is 27.8. The number of aliphatic hydroxyl groups excluding tert-OH is 8. The van der Waals surface area contributed by atoms with E-state index in [0.29, 0.717) is 12.8 Å². The summed E-state index contributed by atoms with van der Waals surface area (Å²) < 4.78 is 22.9. The fourth-order valence-electron chi connectivity index (χ4n) is 13.2. The van der Waals surface area contributed by atoms with E-state index in [1.165, 1.54) is 302 Å². The van der Waals surface area contributed by atoms with Crippen LogP contribution in [0, 0.1) is 0 Å². The van der Waals surface area contributed by atoms with Gasteiger partial charge in [0.05, 0.1) is 32.0 Å². The van der Waals surface area contributed by atoms with Gasteiger partial charge in [0.2, 0.25) is 5.91 Å². The van der Waals surface area contributed by atoms with Crippen molar-refractivity contribution in [2.75, 3.05) is 19.8 Å². The van der Waals surface area contributed by atoms with Gasteiger partial charge in [0, 0.05) is 6.42 Å². The van der Waals surface area contributed by atoms with Crippen LogP contribution in [0.5, 0.6) is 0 Å². The van der Waals surface area contributed by atoms with Crippen LogP contribution in [0.4, 0.5) is 0 Å². The van der Waals surface area contributed by atoms with Crippen LogP contribution in [0.1, 0.15) is 367 Å². The lowest BCUT2D eigenvalue weighted by Crippen LogP contribution is -2.65. The van der Waals surface area contributed by atoms with Gasteiger partial charge in [-0.15, -0.1) is 0 Å². The summed E-state index contributed by atoms with van der Waals surface area (Å²) >= 11 is 0. The summed E-state index contributed by atoms with van der Waals surface area (Å²) in [5.74, 6) is -0.240. The number of carbonyl (C=O) groups excluding carboxylic acids is 1. The Bertz CT molecular complexity index is 1620. The van der Waals surface area contributed by atoms with Crippen LogP contribution in [0.3, 0.4) is 0 Å². The summed E-state index contributed by atoms with van der Waals surface area (Å²) in [4.78, 5) is 13.4. The number of ether oxygens (including phenoxy) is 4. The Morgan fingerprint density at radius 1 is 0.385 bits per heavy atom. The molecule has 0 radical (unpaired) electrons. The lowest BCUT2D eigenvalue weighted by molar-refractivity contribution is -0.359. The molecule has 1 amide bonds. The van der Waals surface area contributed by atoms with Crippen molar-refractivity contribution < 1.29 is 64.6 Å². The maximum absolute atomic E-state index is 13.4. The zero-order chi connectivity index (χ0) is 65.9. The largest absolute Gasteiger partial charge is 0.394 e. The van der Waals surface area contributed by atoms with Gasteiger partial charge >= 0.3 is 0 Å². The van der Waals surface area contributed by atoms with Crippen LogP contribution >= 0.6 is 0 Å². The summed E-state index contributed by atoms with van der Waals surface area (Å²) in [6.07, 6.45) is 62.7. The molecule has 538 valence electrons. The zero-order valence-electron chi connectivity index (χ0n) is 58.9. The van der Waals surface area contributed by atoms with Crippen LogP contribution in [0.15, 0.2) is 24.3 Å². The molecule has 9 N–H and O–H groups in total. The molecule has 2 fully saturated rings. The van der Waals surface area contributed by atoms with Gasteiger partial charge in [-0.3, -0.25) is 4.79 Å². The van der Waals surface area contributed by atoms with Crippen LogP contribution in [-0.4, -0.2) is 140 Å². The lowest BCUT2D eigenvalue weighted by atomic mass is 9.97. The molecule has 14 nitrogen and oxygen atoms in total. The van der Waals surface area contributed by atoms with E-state index in [1.807, 2.05) is 6.08 Å². The van der Waals surface area contributed by atoms with Crippen molar-refractivity contribution in [1.29, 1.82) is 0 Å². The first-order chi connectivity index (χ1) is 44.6. The summed E-state index contributed by atoms with van der Waals surface area (Å²) in [5.41, 5.74) is 0. The number of amides is 1. The molecule has 0 aromatic rings. The van der Waals surface area contributed by atoms with Crippen molar-refractivity contribution in [1.82, 2.24) is 5.32 Å². The Labute approximate surface area is 558 Å². The average Bonchev–Trinajstić information content (AvgIpc) is 3.75. The van der Waals surface area contributed by atoms with Crippen LogP contribution in [0.2, 0.25) is 0 Å². The molecule has 0 aliphatic carbocycles. The second kappa shape index (κ2) is 62.0. The number of hydrogen-bond acceptors (Lipinski definition) is 13. The Hall–Kier alpha value is -1.53. The number of allylic oxidation sites excluding steroid dienone is 3. The maximum Gasteiger partial charge on any atom is 0.220 e. The summed E-state index contributed by atoms with van der Waals surface area (Å²) in [7, 11) is 0. The van der Waals surface area contributed by atoms with E-state index in [0.717, 1.165) is 32.1 Å². The van der Waals surface area contributed by atoms with E-state index in [4.69, 9.17) is 18.9 Å². The minimum atomic E-state index is -1.79. The Morgan fingerprint density at radius 3 is 1.08 bits per heavy atom. The van der Waals surface area contributed by atoms with Gasteiger partial charge in [0.15, 0.2) is 12.6 Å². The highest BCUT2D eigenvalue weighted by molar-refractivity contribution is 5.76. The van der Waals surface area contributed by atoms with E-state index in [1.54, 1.807) is 6.08 Å². The van der Waals surface area contributed by atoms with Gasteiger partial charge in [-0.2, -0.15) is 0 Å². The van der Waals surface area contributed by atoms with Gasteiger partial charge in [0.1, 0.15) is 48.8 Å². The third-order valence-electron chi connectivity index (χ3n) is 19.4. The molecule has 91 heavy (non-hydrogen) atoms. The van der Waals surface area contributed by atoms with Crippen LogP contribution in [0.25, 0.3) is 0 Å². The fourth-order valence-corrected chi connectivity index (χ4v) is 13.2. The van der Waals surface area contributed by atoms with E-state index in [-0.39, 0.29) is 18.9 Å². The Balaban J connectivity index is 1.64. The summed E-state index contributed by atoms with van der Waals surface area (Å²) in [6.45, 7) is 2.85. The number of nitrogens with one attached hydrogen (secondary N) is 1. The molecule has 0 spiro atoms. The third kappa shape index (κ3) is 45.6. The Morgan fingerprint density at radius 2 is 0.703 bits per heavy atom. The predicted molar refractivity (Wildman–Crippen MR) is 374 cm³/mol. The number of carbonyl (C=O) groups is 1. The number of hydrogen-bond donors (Lipinski definition) is 9. The predicted octanol–water partition coefficient (Wildman–Crippen LogP) is 17.1. The maximum atomic E-state index is 13.4. The second-order valence-corrected chi connectivity index (χ2v) is 27.8. The van der Waals surface area contributed by atoms with Crippen molar-refractivity contribution in [2.45, 2.75) is 441 Å². The average molecular weight is 1300 g/mol. The highest BCUT2D eigenvalue weighted by Crippen LogP contribution is 2.30. The van der Waals surface area contributed by atoms with Crippen molar-refractivity contribution in [2.24, 2.45) is 0 Å². The van der Waals surface area contributed by atoms with E-state index >= 15 is 0 Å².